The van der Waals surface area contributed by atoms with Crippen LogP contribution in [0.3, 0.4) is 0 Å². The number of carbonyl (C=O) groups is 1. The highest BCUT2D eigenvalue weighted by Gasteiger charge is 2.18. The van der Waals surface area contributed by atoms with E-state index in [4.69, 9.17) is 9.15 Å². The third-order valence-electron chi connectivity index (χ3n) is 5.56. The first kappa shape index (κ1) is 23.3. The van der Waals surface area contributed by atoms with E-state index in [1.165, 1.54) is 12.3 Å². The summed E-state index contributed by atoms with van der Waals surface area (Å²) in [5.74, 6) is 0.465. The number of ether oxygens (including phenoxy) is 1. The van der Waals surface area contributed by atoms with Crippen molar-refractivity contribution in [2.75, 3.05) is 13.2 Å². The molecular formula is C27H28N2O5. The van der Waals surface area contributed by atoms with Gasteiger partial charge in [-0.1, -0.05) is 50.2 Å². The number of nitrogens with zero attached hydrogens (tertiary/aromatic N) is 1. The molecule has 7 heteroatoms. The largest absolute Gasteiger partial charge is 0.482 e. The molecule has 0 aliphatic rings. The molecule has 0 spiro atoms. The Kier molecular flexibility index (Phi) is 6.84. The maximum atomic E-state index is 12.5. The summed E-state index contributed by atoms with van der Waals surface area (Å²) >= 11 is 0. The second kappa shape index (κ2) is 9.97. The molecule has 2 aromatic heterocycles. The Morgan fingerprint density at radius 2 is 1.76 bits per heavy atom. The van der Waals surface area contributed by atoms with E-state index in [1.807, 2.05) is 55.1 Å². The van der Waals surface area contributed by atoms with E-state index in [1.54, 1.807) is 24.3 Å². The molecule has 0 aliphatic carbocycles. The Balaban J connectivity index is 1.33. The van der Waals surface area contributed by atoms with Gasteiger partial charge in [-0.15, -0.1) is 0 Å². The van der Waals surface area contributed by atoms with Crippen LogP contribution in [-0.4, -0.2) is 28.7 Å². The molecule has 7 nitrogen and oxygen atoms in total. The molecule has 0 aliphatic heterocycles. The first-order valence-corrected chi connectivity index (χ1v) is 11.1. The third kappa shape index (κ3) is 5.74. The van der Waals surface area contributed by atoms with Crippen LogP contribution in [0, 0.1) is 5.41 Å². The van der Waals surface area contributed by atoms with Gasteiger partial charge < -0.3 is 24.1 Å². The first-order valence-electron chi connectivity index (χ1n) is 11.1. The van der Waals surface area contributed by atoms with E-state index in [-0.39, 0.29) is 35.7 Å². The van der Waals surface area contributed by atoms with Crippen LogP contribution in [0.1, 0.15) is 35.5 Å². The van der Waals surface area contributed by atoms with Gasteiger partial charge in [-0.25, -0.2) is 0 Å². The number of rotatable bonds is 9. The highest BCUT2D eigenvalue weighted by molar-refractivity contribution is 5.94. The summed E-state index contributed by atoms with van der Waals surface area (Å²) in [5.41, 5.74) is 0.699. The molecule has 2 heterocycles. The molecule has 1 amide bonds. The van der Waals surface area contributed by atoms with Crippen molar-refractivity contribution in [3.05, 3.63) is 100 Å². The number of aliphatic hydroxyl groups is 1. The van der Waals surface area contributed by atoms with E-state index < -0.39 is 0 Å². The van der Waals surface area contributed by atoms with Crippen molar-refractivity contribution in [3.8, 4) is 5.75 Å². The van der Waals surface area contributed by atoms with E-state index in [0.29, 0.717) is 24.4 Å². The van der Waals surface area contributed by atoms with Crippen LogP contribution in [0.5, 0.6) is 5.75 Å². The second-order valence-corrected chi connectivity index (χ2v) is 9.12. The number of hydrogen-bond acceptors (Lipinski definition) is 5. The summed E-state index contributed by atoms with van der Waals surface area (Å²) in [6, 6.07) is 16.5. The molecule has 0 unspecified atom stereocenters. The maximum absolute atomic E-state index is 12.5. The summed E-state index contributed by atoms with van der Waals surface area (Å²) in [6.07, 6.45) is 5.36. The van der Waals surface area contributed by atoms with Gasteiger partial charge in [-0.2, -0.15) is 0 Å². The number of aromatic nitrogens is 1. The van der Waals surface area contributed by atoms with Gasteiger partial charge in [0.25, 0.3) is 5.91 Å². The Morgan fingerprint density at radius 1 is 1.09 bits per heavy atom. The number of aliphatic hydroxyl groups excluding tert-OH is 1. The topological polar surface area (TPSA) is 93.7 Å². The minimum atomic E-state index is -0.379. The third-order valence-corrected chi connectivity index (χ3v) is 5.56. The van der Waals surface area contributed by atoms with Crippen molar-refractivity contribution in [2.24, 2.45) is 5.41 Å². The number of fused-ring (bicyclic) bond motifs is 1. The van der Waals surface area contributed by atoms with Crippen LogP contribution in [0.25, 0.3) is 10.8 Å². The summed E-state index contributed by atoms with van der Waals surface area (Å²) in [6.45, 7) is 4.73. The predicted molar refractivity (Wildman–Crippen MR) is 130 cm³/mol. The van der Waals surface area contributed by atoms with Crippen LogP contribution in [-0.2, 0) is 13.2 Å². The Morgan fingerprint density at radius 3 is 2.38 bits per heavy atom. The molecular weight excluding hydrogens is 432 g/mol. The highest BCUT2D eigenvalue weighted by Crippen LogP contribution is 2.17. The van der Waals surface area contributed by atoms with E-state index >= 15 is 0 Å². The maximum Gasteiger partial charge on any atom is 0.251 e. The van der Waals surface area contributed by atoms with Crippen molar-refractivity contribution < 1.29 is 19.1 Å². The van der Waals surface area contributed by atoms with Gasteiger partial charge in [0.05, 0.1) is 6.54 Å². The van der Waals surface area contributed by atoms with Crippen LogP contribution < -0.4 is 15.5 Å². The Labute approximate surface area is 197 Å². The summed E-state index contributed by atoms with van der Waals surface area (Å²) < 4.78 is 13.2. The lowest BCUT2D eigenvalue weighted by molar-refractivity contribution is 0.0911. The molecule has 0 saturated carbocycles. The van der Waals surface area contributed by atoms with Gasteiger partial charge in [-0.3, -0.25) is 9.59 Å². The van der Waals surface area contributed by atoms with E-state index in [0.717, 1.165) is 16.3 Å². The van der Waals surface area contributed by atoms with E-state index in [2.05, 4.69) is 5.32 Å². The van der Waals surface area contributed by atoms with Crippen LogP contribution >= 0.6 is 0 Å². The molecule has 0 radical (unpaired) electrons. The average molecular weight is 461 g/mol. The van der Waals surface area contributed by atoms with Crippen LogP contribution in [0.4, 0.5) is 0 Å². The van der Waals surface area contributed by atoms with Crippen molar-refractivity contribution in [3.63, 3.8) is 0 Å². The molecule has 0 fully saturated rings. The lowest BCUT2D eigenvalue weighted by atomic mass is 9.95. The fraction of sp³-hybridized carbons (Fsp3) is 0.259. The number of amides is 1. The number of carbonyl (C=O) groups excluding carboxylic acids is 1. The monoisotopic (exact) mass is 460 g/mol. The smallest absolute Gasteiger partial charge is 0.251 e. The number of benzene rings is 2. The van der Waals surface area contributed by atoms with Crippen LogP contribution in [0.15, 0.2) is 82.5 Å². The van der Waals surface area contributed by atoms with Gasteiger partial charge in [0.2, 0.25) is 11.2 Å². The van der Waals surface area contributed by atoms with Crippen molar-refractivity contribution >= 4 is 16.7 Å². The quantitative estimate of drug-likeness (QED) is 0.394. The highest BCUT2D eigenvalue weighted by atomic mass is 16.5. The molecule has 4 rings (SSSR count). The summed E-state index contributed by atoms with van der Waals surface area (Å²) in [5, 5.41) is 14.4. The van der Waals surface area contributed by atoms with E-state index in [9.17, 15) is 14.7 Å². The molecule has 176 valence electrons. The lowest BCUT2D eigenvalue weighted by Gasteiger charge is -2.21. The van der Waals surface area contributed by atoms with Crippen molar-refractivity contribution in [2.45, 2.75) is 27.0 Å². The minimum Gasteiger partial charge on any atom is -0.482 e. The second-order valence-electron chi connectivity index (χ2n) is 9.12. The molecule has 34 heavy (non-hydrogen) atoms. The van der Waals surface area contributed by atoms with Gasteiger partial charge in [-0.05, 0) is 28.5 Å². The molecule has 4 aromatic rings. The van der Waals surface area contributed by atoms with Gasteiger partial charge >= 0.3 is 0 Å². The zero-order chi connectivity index (χ0) is 24.1. The van der Waals surface area contributed by atoms with Gasteiger partial charge in [0.15, 0.2) is 0 Å². The number of hydrogen-bond donors (Lipinski definition) is 2. The van der Waals surface area contributed by atoms with Crippen molar-refractivity contribution in [1.82, 2.24) is 9.88 Å². The molecule has 0 saturated heterocycles. The molecule has 2 N–H and O–H groups in total. The summed E-state index contributed by atoms with van der Waals surface area (Å²) in [7, 11) is 0. The van der Waals surface area contributed by atoms with Crippen LogP contribution in [0.2, 0.25) is 0 Å². The van der Waals surface area contributed by atoms with Gasteiger partial charge in [0.1, 0.15) is 18.6 Å². The van der Waals surface area contributed by atoms with Gasteiger partial charge in [0, 0.05) is 42.6 Å². The average Bonchev–Trinajstić information content (AvgIpc) is 3.25. The Bertz CT molecular complexity index is 1300. The van der Waals surface area contributed by atoms with Crippen molar-refractivity contribution in [1.29, 1.82) is 0 Å². The normalized spacial score (nSPS) is 11.5. The first-order chi connectivity index (χ1) is 16.3. The lowest BCUT2D eigenvalue weighted by Crippen LogP contribution is -2.36. The molecule has 0 atom stereocenters. The predicted octanol–water partition coefficient (Wildman–Crippen LogP) is 3.97. The molecule has 0 bridgehead atoms. The number of nitrogens with one attached hydrogen (secondary N) is 1. The summed E-state index contributed by atoms with van der Waals surface area (Å²) in [4.78, 5) is 24.8. The zero-order valence-corrected chi connectivity index (χ0v) is 19.3. The Hall–Kier alpha value is -3.84. The fourth-order valence-corrected chi connectivity index (χ4v) is 3.43. The SMILES string of the molecule is CC(C)(CO)CNC(=O)c1ccc(COc2coc(Cn3cc4ccccc4c3)cc2=O)cc1. The fourth-order valence-electron chi connectivity index (χ4n) is 3.43. The minimum absolute atomic E-state index is 0.0120. The zero-order valence-electron chi connectivity index (χ0n) is 19.3. The molecule has 2 aromatic carbocycles. The standard InChI is InChI=1S/C27H28N2O5/c1-27(2,18-30)17-28-26(32)20-9-7-19(8-10-20)15-34-25-16-33-23(11-24(25)31)14-29-12-21-5-3-4-6-22(21)13-29/h3-13,16,30H,14-15,17-18H2,1-2H3,(H,28,32).